The second-order valence-corrected chi connectivity index (χ2v) is 9.24. The molecule has 2 amide bonds. The number of carbonyl (C=O) groups is 2. The van der Waals surface area contributed by atoms with Crippen molar-refractivity contribution in [3.05, 3.63) is 58.0 Å². The molecule has 1 fully saturated rings. The predicted molar refractivity (Wildman–Crippen MR) is 133 cm³/mol. The summed E-state index contributed by atoms with van der Waals surface area (Å²) in [5.74, 6) is 0.438. The van der Waals surface area contributed by atoms with Gasteiger partial charge in [0, 0.05) is 18.0 Å². The van der Waals surface area contributed by atoms with Gasteiger partial charge in [-0.1, -0.05) is 54.1 Å². The molecule has 0 bridgehead atoms. The van der Waals surface area contributed by atoms with E-state index in [1.807, 2.05) is 30.3 Å². The molecular formula is C23H23ClN2O4S2. The Kier molecular flexibility index (Phi) is 8.55. The van der Waals surface area contributed by atoms with Crippen molar-refractivity contribution in [2.45, 2.75) is 25.7 Å². The molecule has 0 spiro atoms. The topological polar surface area (TPSA) is 78.9 Å². The lowest BCUT2D eigenvalue weighted by molar-refractivity contribution is -0.122. The number of ether oxygens (including phenoxy) is 1. The molecule has 2 aromatic rings. The van der Waals surface area contributed by atoms with Crippen molar-refractivity contribution >= 4 is 63.5 Å². The van der Waals surface area contributed by atoms with Crippen LogP contribution in [0.3, 0.4) is 0 Å². The van der Waals surface area contributed by atoms with Crippen LogP contribution in [0.4, 0.5) is 5.69 Å². The molecule has 32 heavy (non-hydrogen) atoms. The van der Waals surface area contributed by atoms with Gasteiger partial charge in [-0.2, -0.15) is 0 Å². The predicted octanol–water partition coefficient (Wildman–Crippen LogP) is 5.45. The van der Waals surface area contributed by atoms with Crippen LogP contribution in [0, 0.1) is 0 Å². The van der Waals surface area contributed by atoms with Crippen molar-refractivity contribution in [1.82, 2.24) is 4.90 Å². The summed E-state index contributed by atoms with van der Waals surface area (Å²) in [6.45, 7) is 0.515. The minimum atomic E-state index is -0.199. The number of hydrogen-bond acceptors (Lipinski definition) is 6. The summed E-state index contributed by atoms with van der Waals surface area (Å²) >= 11 is 12.6. The van der Waals surface area contributed by atoms with Gasteiger partial charge in [0.05, 0.1) is 17.7 Å². The molecule has 9 heteroatoms. The van der Waals surface area contributed by atoms with Crippen molar-refractivity contribution < 1.29 is 19.4 Å². The first-order valence-corrected chi connectivity index (χ1v) is 11.7. The van der Waals surface area contributed by atoms with Gasteiger partial charge in [0.25, 0.3) is 5.91 Å². The monoisotopic (exact) mass is 490 g/mol. The number of thiocarbonyl (C=S) groups is 1. The number of nitrogens with one attached hydrogen (secondary N) is 1. The Bertz CT molecular complexity index is 1040. The van der Waals surface area contributed by atoms with Gasteiger partial charge in [-0.05, 0) is 54.8 Å². The average molecular weight is 491 g/mol. The molecule has 1 aliphatic rings. The summed E-state index contributed by atoms with van der Waals surface area (Å²) in [5.41, 5.74) is 1.20. The van der Waals surface area contributed by atoms with Gasteiger partial charge < -0.3 is 15.2 Å². The van der Waals surface area contributed by atoms with Crippen LogP contribution in [0.1, 0.15) is 31.2 Å². The normalized spacial score (nSPS) is 14.8. The number of rotatable bonds is 9. The van der Waals surface area contributed by atoms with Gasteiger partial charge >= 0.3 is 0 Å². The smallest absolute Gasteiger partial charge is 0.266 e. The molecule has 1 heterocycles. The van der Waals surface area contributed by atoms with Crippen molar-refractivity contribution in [1.29, 1.82) is 0 Å². The standard InChI is InChI=1S/C23H23ClN2O4S2/c1-30-17-9-6-15(7-10-17)13-20-22(29)26(23(31)32-20)12-4-2-3-5-21(28)25-18-14-16(24)8-11-19(18)27/h6-11,13-14,27H,2-5,12H2,1H3,(H,25,28)/b20-13-. The lowest BCUT2D eigenvalue weighted by Gasteiger charge is -2.14. The zero-order valence-electron chi connectivity index (χ0n) is 17.5. The van der Waals surface area contributed by atoms with Gasteiger partial charge in [0.15, 0.2) is 0 Å². The molecule has 6 nitrogen and oxygen atoms in total. The van der Waals surface area contributed by atoms with E-state index in [0.29, 0.717) is 39.3 Å². The van der Waals surface area contributed by atoms with Gasteiger partial charge in [0.2, 0.25) is 5.91 Å². The number of aromatic hydroxyl groups is 1. The third kappa shape index (κ3) is 6.48. The molecule has 1 saturated heterocycles. The third-order valence-electron chi connectivity index (χ3n) is 4.81. The van der Waals surface area contributed by atoms with Gasteiger partial charge in [-0.3, -0.25) is 14.5 Å². The van der Waals surface area contributed by atoms with Crippen LogP contribution in [-0.4, -0.2) is 39.8 Å². The molecule has 168 valence electrons. The molecule has 0 aromatic heterocycles. The Morgan fingerprint density at radius 1 is 1.22 bits per heavy atom. The van der Waals surface area contributed by atoms with Crippen LogP contribution in [0.5, 0.6) is 11.5 Å². The van der Waals surface area contributed by atoms with Crippen LogP contribution < -0.4 is 10.1 Å². The fourth-order valence-electron chi connectivity index (χ4n) is 3.10. The Hall–Kier alpha value is -2.55. The van der Waals surface area contributed by atoms with E-state index in [1.165, 1.54) is 23.9 Å². The van der Waals surface area contributed by atoms with E-state index >= 15 is 0 Å². The van der Waals surface area contributed by atoms with E-state index in [0.717, 1.165) is 24.2 Å². The second kappa shape index (κ2) is 11.4. The molecule has 2 N–H and O–H groups in total. The lowest BCUT2D eigenvalue weighted by atomic mass is 10.1. The van der Waals surface area contributed by atoms with Crippen molar-refractivity contribution in [2.24, 2.45) is 0 Å². The minimum absolute atomic E-state index is 0.0280. The maximum Gasteiger partial charge on any atom is 0.266 e. The summed E-state index contributed by atoms with van der Waals surface area (Å²) in [5, 5.41) is 12.9. The molecular weight excluding hydrogens is 468 g/mol. The maximum atomic E-state index is 12.7. The number of unbranched alkanes of at least 4 members (excludes halogenated alkanes) is 2. The number of anilines is 1. The van der Waals surface area contributed by atoms with Gasteiger partial charge in [-0.15, -0.1) is 0 Å². The van der Waals surface area contributed by atoms with Crippen LogP contribution >= 0.6 is 35.6 Å². The van der Waals surface area contributed by atoms with Crippen LogP contribution in [0.15, 0.2) is 47.4 Å². The molecule has 0 saturated carbocycles. The number of benzene rings is 2. The van der Waals surface area contributed by atoms with E-state index in [1.54, 1.807) is 18.1 Å². The highest BCUT2D eigenvalue weighted by molar-refractivity contribution is 8.26. The van der Waals surface area contributed by atoms with E-state index in [9.17, 15) is 14.7 Å². The lowest BCUT2D eigenvalue weighted by Crippen LogP contribution is -2.29. The third-order valence-corrected chi connectivity index (χ3v) is 6.42. The molecule has 0 radical (unpaired) electrons. The van der Waals surface area contributed by atoms with E-state index in [4.69, 9.17) is 28.6 Å². The number of halogens is 1. The number of thioether (sulfide) groups is 1. The molecule has 0 aliphatic carbocycles. The second-order valence-electron chi connectivity index (χ2n) is 7.13. The first kappa shape index (κ1) is 24.1. The summed E-state index contributed by atoms with van der Waals surface area (Å²) in [7, 11) is 1.61. The number of carbonyl (C=O) groups excluding carboxylic acids is 2. The first-order chi connectivity index (χ1) is 15.4. The zero-order valence-corrected chi connectivity index (χ0v) is 19.9. The fraction of sp³-hybridized carbons (Fsp3) is 0.261. The number of phenols is 1. The minimum Gasteiger partial charge on any atom is -0.506 e. The molecule has 2 aromatic carbocycles. The van der Waals surface area contributed by atoms with Crippen LogP contribution in [-0.2, 0) is 9.59 Å². The number of phenolic OH excluding ortho intramolecular Hbond substituents is 1. The molecule has 0 atom stereocenters. The highest BCUT2D eigenvalue weighted by Gasteiger charge is 2.31. The number of methoxy groups -OCH3 is 1. The summed E-state index contributed by atoms with van der Waals surface area (Å²) in [6, 6.07) is 11.9. The SMILES string of the molecule is COc1ccc(/C=C2\SC(=S)N(CCCCCC(=O)Nc3cc(Cl)ccc3O)C2=O)cc1. The van der Waals surface area contributed by atoms with E-state index in [2.05, 4.69) is 5.32 Å². The maximum absolute atomic E-state index is 12.7. The van der Waals surface area contributed by atoms with Crippen molar-refractivity contribution in [3.8, 4) is 11.5 Å². The number of amides is 2. The Morgan fingerprint density at radius 2 is 1.97 bits per heavy atom. The highest BCUT2D eigenvalue weighted by atomic mass is 35.5. The largest absolute Gasteiger partial charge is 0.506 e. The molecule has 0 unspecified atom stereocenters. The van der Waals surface area contributed by atoms with Crippen LogP contribution in [0.25, 0.3) is 6.08 Å². The van der Waals surface area contributed by atoms with E-state index < -0.39 is 0 Å². The number of nitrogens with zero attached hydrogens (tertiary/aromatic N) is 1. The highest BCUT2D eigenvalue weighted by Crippen LogP contribution is 2.33. The first-order valence-electron chi connectivity index (χ1n) is 10.0. The molecule has 1 aliphatic heterocycles. The van der Waals surface area contributed by atoms with E-state index in [-0.39, 0.29) is 17.6 Å². The van der Waals surface area contributed by atoms with Gasteiger partial charge in [0.1, 0.15) is 15.8 Å². The quantitative estimate of drug-likeness (QED) is 0.210. The Balaban J connectivity index is 1.43. The zero-order chi connectivity index (χ0) is 23.1. The Labute approximate surface area is 201 Å². The van der Waals surface area contributed by atoms with Crippen LogP contribution in [0.2, 0.25) is 5.02 Å². The summed E-state index contributed by atoms with van der Waals surface area (Å²) < 4.78 is 5.69. The van der Waals surface area contributed by atoms with Gasteiger partial charge in [-0.25, -0.2) is 0 Å². The Morgan fingerprint density at radius 3 is 2.69 bits per heavy atom. The average Bonchev–Trinajstić information content (AvgIpc) is 3.03. The summed E-state index contributed by atoms with van der Waals surface area (Å²) in [6.07, 6.45) is 4.29. The summed E-state index contributed by atoms with van der Waals surface area (Å²) in [4.78, 5) is 27.0. The fourth-order valence-corrected chi connectivity index (χ4v) is 4.58. The molecule has 3 rings (SSSR count). The van der Waals surface area contributed by atoms with Crippen molar-refractivity contribution in [2.75, 3.05) is 19.0 Å². The van der Waals surface area contributed by atoms with Crippen molar-refractivity contribution in [3.63, 3.8) is 0 Å². The number of hydrogen-bond donors (Lipinski definition) is 2.